The molecule has 0 bridgehead atoms. The van der Waals surface area contributed by atoms with E-state index < -0.39 is 6.17 Å². The fraction of sp³-hybridized carbons (Fsp3) is 0.130. The molecule has 1 atom stereocenters. The number of fused-ring (bicyclic) bond motifs is 1. The van der Waals surface area contributed by atoms with Gasteiger partial charge in [0.1, 0.15) is 0 Å². The van der Waals surface area contributed by atoms with Crippen molar-refractivity contribution in [2.24, 2.45) is 5.10 Å². The molecule has 0 spiro atoms. The summed E-state index contributed by atoms with van der Waals surface area (Å²) in [6.07, 6.45) is -0.461. The van der Waals surface area contributed by atoms with Crippen LogP contribution in [0.1, 0.15) is 40.1 Å². The number of hydrogen-bond donors (Lipinski definition) is 1. The Labute approximate surface area is 188 Å². The number of hydrogen-bond acceptors (Lipinski definition) is 4. The second-order valence-electron chi connectivity index (χ2n) is 6.83. The summed E-state index contributed by atoms with van der Waals surface area (Å²) in [4.78, 5) is 13.2. The van der Waals surface area contributed by atoms with Crippen molar-refractivity contribution in [2.45, 2.75) is 20.0 Å². The first-order valence-electron chi connectivity index (χ1n) is 9.23. The Hall–Kier alpha value is -2.79. The van der Waals surface area contributed by atoms with Crippen LogP contribution in [0.3, 0.4) is 0 Å². The van der Waals surface area contributed by atoms with Crippen molar-refractivity contribution >= 4 is 27.4 Å². The fourth-order valence-electron chi connectivity index (χ4n) is 3.30. The summed E-state index contributed by atoms with van der Waals surface area (Å²) < 4.78 is 0. The first-order valence-corrected chi connectivity index (χ1v) is 10.5. The summed E-state index contributed by atoms with van der Waals surface area (Å²) >= 11 is 3.66. The number of aryl methyl sites for hydroxylation is 1. The van der Waals surface area contributed by atoms with Gasteiger partial charge in [0.25, 0.3) is 5.91 Å². The number of amides is 1. The third kappa shape index (κ3) is 4.51. The van der Waals surface area contributed by atoms with Crippen molar-refractivity contribution in [3.8, 4) is 5.75 Å². The van der Waals surface area contributed by atoms with Gasteiger partial charge in [0.05, 0.1) is 11.3 Å². The molecular formula is C23H20ClCuN3O2. The Morgan fingerprint density at radius 2 is 1.67 bits per heavy atom. The average molecular weight is 469 g/mol. The SMILES string of the molecule is C/C(=N\N1C(=O)c2ccccc2NC1c1ccc(C)cc1)c1ccccc1[O-].[Cl][Cu+]. The molecule has 1 amide bonds. The molecule has 7 heteroatoms. The normalized spacial score (nSPS) is 15.6. The molecule has 1 N–H and O–H groups in total. The third-order valence-electron chi connectivity index (χ3n) is 4.83. The minimum atomic E-state index is -0.461. The molecule has 0 saturated carbocycles. The average Bonchev–Trinajstić information content (AvgIpc) is 2.78. The number of anilines is 1. The van der Waals surface area contributed by atoms with E-state index in [2.05, 4.69) is 35.6 Å². The summed E-state index contributed by atoms with van der Waals surface area (Å²) in [6, 6.07) is 22.0. The van der Waals surface area contributed by atoms with Gasteiger partial charge in [-0.1, -0.05) is 72.0 Å². The van der Waals surface area contributed by atoms with Gasteiger partial charge in [0.2, 0.25) is 0 Å². The Morgan fingerprint density at radius 3 is 2.37 bits per heavy atom. The Kier molecular flexibility index (Phi) is 7.16. The molecule has 0 fully saturated rings. The van der Waals surface area contributed by atoms with Crippen LogP contribution in [-0.4, -0.2) is 16.6 Å². The van der Waals surface area contributed by atoms with E-state index in [1.807, 2.05) is 49.4 Å². The van der Waals surface area contributed by atoms with Gasteiger partial charge in [0, 0.05) is 5.69 Å². The van der Waals surface area contributed by atoms with Gasteiger partial charge in [-0.3, -0.25) is 4.79 Å². The number of carbonyl (C=O) groups excluding carboxylic acids is 1. The number of nitrogens with zero attached hydrogens (tertiary/aromatic N) is 2. The van der Waals surface area contributed by atoms with Crippen LogP contribution in [0.15, 0.2) is 77.9 Å². The molecule has 1 heterocycles. The molecule has 0 saturated heterocycles. The molecule has 30 heavy (non-hydrogen) atoms. The number of halogens is 1. The molecule has 0 aromatic heterocycles. The Bertz CT molecular complexity index is 1070. The van der Waals surface area contributed by atoms with E-state index in [9.17, 15) is 9.90 Å². The van der Waals surface area contributed by atoms with Crippen LogP contribution in [0.4, 0.5) is 5.69 Å². The molecule has 3 aromatic carbocycles. The van der Waals surface area contributed by atoms with Crippen molar-refractivity contribution in [1.29, 1.82) is 0 Å². The monoisotopic (exact) mass is 468 g/mol. The zero-order chi connectivity index (χ0) is 21.7. The van der Waals surface area contributed by atoms with Crippen LogP contribution in [0.2, 0.25) is 0 Å². The minimum absolute atomic E-state index is 0.117. The maximum absolute atomic E-state index is 13.2. The molecule has 0 aliphatic carbocycles. The van der Waals surface area contributed by atoms with Crippen molar-refractivity contribution < 1.29 is 25.0 Å². The molecule has 4 rings (SSSR count). The number of para-hydroxylation sites is 2. The van der Waals surface area contributed by atoms with Gasteiger partial charge < -0.3 is 10.4 Å². The summed E-state index contributed by atoms with van der Waals surface area (Å²) in [7, 11) is 4.20. The first kappa shape index (κ1) is 21.9. The van der Waals surface area contributed by atoms with E-state index in [4.69, 9.17) is 0 Å². The van der Waals surface area contributed by atoms with Gasteiger partial charge in [-0.05, 0) is 37.1 Å². The Morgan fingerprint density at radius 1 is 1.03 bits per heavy atom. The van der Waals surface area contributed by atoms with Crippen LogP contribution in [0.25, 0.3) is 0 Å². The van der Waals surface area contributed by atoms with Crippen LogP contribution in [-0.2, 0) is 15.1 Å². The standard InChI is InChI=1S/C23H21N3O2.ClH.Cu/c1-15-11-13-17(14-12-15)22-24-20-9-5-3-8-19(20)23(28)26(22)25-16(2)18-7-4-6-10-21(18)27;;/h3-14,22,24,27H,1-2H3;1H;/q;;+2/p-2/b25-16+;;. The maximum atomic E-state index is 13.2. The summed E-state index contributed by atoms with van der Waals surface area (Å²) in [5, 5.41) is 21.6. The number of nitrogens with one attached hydrogen (secondary N) is 1. The van der Waals surface area contributed by atoms with Gasteiger partial charge in [-0.15, -0.1) is 0 Å². The van der Waals surface area contributed by atoms with Gasteiger partial charge in [-0.2, -0.15) is 5.10 Å². The van der Waals surface area contributed by atoms with E-state index >= 15 is 0 Å². The van der Waals surface area contributed by atoms with Crippen molar-refractivity contribution in [2.75, 3.05) is 5.32 Å². The zero-order valence-corrected chi connectivity index (χ0v) is 18.1. The number of benzene rings is 3. The molecule has 1 unspecified atom stereocenters. The Balaban J connectivity index is 0.00000124. The second-order valence-corrected chi connectivity index (χ2v) is 6.83. The van der Waals surface area contributed by atoms with Crippen molar-refractivity contribution in [1.82, 2.24) is 5.01 Å². The van der Waals surface area contributed by atoms with E-state index in [0.717, 1.165) is 16.8 Å². The van der Waals surface area contributed by atoms with Gasteiger partial charge >= 0.3 is 25.2 Å². The molecule has 3 aromatic rings. The van der Waals surface area contributed by atoms with E-state index in [1.165, 1.54) is 11.1 Å². The quantitative estimate of drug-likeness (QED) is 0.445. The number of rotatable bonds is 3. The van der Waals surface area contributed by atoms with E-state index in [0.29, 0.717) is 16.8 Å². The van der Waals surface area contributed by atoms with Crippen LogP contribution in [0, 0.1) is 6.92 Å². The summed E-state index contributed by atoms with van der Waals surface area (Å²) in [6.45, 7) is 3.76. The fourth-order valence-corrected chi connectivity index (χ4v) is 3.30. The molecular weight excluding hydrogens is 449 g/mol. The number of carbonyl (C=O) groups is 1. The predicted octanol–water partition coefficient (Wildman–Crippen LogP) is 4.75. The van der Waals surface area contributed by atoms with Gasteiger partial charge in [0.15, 0.2) is 6.17 Å². The second kappa shape index (κ2) is 9.81. The van der Waals surface area contributed by atoms with Crippen molar-refractivity contribution in [3.63, 3.8) is 0 Å². The van der Waals surface area contributed by atoms with Crippen LogP contribution in [0.5, 0.6) is 5.75 Å². The van der Waals surface area contributed by atoms with E-state index in [1.54, 1.807) is 31.2 Å². The van der Waals surface area contributed by atoms with Gasteiger partial charge in [-0.25, -0.2) is 5.01 Å². The third-order valence-corrected chi connectivity index (χ3v) is 4.83. The summed E-state index contributed by atoms with van der Waals surface area (Å²) in [5.41, 5.74) is 4.36. The van der Waals surface area contributed by atoms with Crippen LogP contribution >= 0.6 is 10.1 Å². The van der Waals surface area contributed by atoms with E-state index in [-0.39, 0.29) is 11.7 Å². The van der Waals surface area contributed by atoms with Crippen molar-refractivity contribution in [3.05, 3.63) is 95.1 Å². The molecule has 1 aliphatic rings. The first-order chi connectivity index (χ1) is 14.5. The molecule has 1 aliphatic heterocycles. The molecule has 157 valence electrons. The number of hydrazone groups is 1. The summed E-state index contributed by atoms with van der Waals surface area (Å²) in [5.74, 6) is -0.323. The van der Waals surface area contributed by atoms with Crippen LogP contribution < -0.4 is 10.4 Å². The zero-order valence-electron chi connectivity index (χ0n) is 16.4. The predicted molar refractivity (Wildman–Crippen MR) is 114 cm³/mol. The topological polar surface area (TPSA) is 67.8 Å². The molecule has 5 nitrogen and oxygen atoms in total. The molecule has 0 radical (unpaired) electrons.